The molecule has 13 heavy (non-hydrogen) atoms. The smallest absolute Gasteiger partial charge is 0.388 e. The molecule has 0 amide bonds. The average Bonchev–Trinajstić information content (AvgIpc) is 2.03. The zero-order chi connectivity index (χ0) is 9.19. The summed E-state index contributed by atoms with van der Waals surface area (Å²) in [7, 11) is -2.33. The van der Waals surface area contributed by atoms with Gasteiger partial charge >= 0.3 is 29.6 Å². The first-order valence-electron chi connectivity index (χ1n) is 3.29. The van der Waals surface area contributed by atoms with Crippen molar-refractivity contribution in [1.29, 1.82) is 0 Å². The molecule has 0 spiro atoms. The molecule has 1 rings (SSSR count). The van der Waals surface area contributed by atoms with E-state index in [2.05, 4.69) is 5.32 Å². The second-order valence-electron chi connectivity index (χ2n) is 2.25. The van der Waals surface area contributed by atoms with E-state index >= 15 is 0 Å². The van der Waals surface area contributed by atoms with Crippen LogP contribution >= 0.6 is 0 Å². The van der Waals surface area contributed by atoms with Crippen LogP contribution in [-0.2, 0) is 10.1 Å². The number of benzene rings is 1. The Morgan fingerprint density at radius 1 is 1.23 bits per heavy atom. The Hall–Kier alpha value is -0.0700. The summed E-state index contributed by atoms with van der Waals surface area (Å²) in [6, 6.07) is 5.81. The van der Waals surface area contributed by atoms with Gasteiger partial charge in [0.1, 0.15) is 0 Å². The van der Waals surface area contributed by atoms with Crippen molar-refractivity contribution in [2.24, 2.45) is 0 Å². The van der Waals surface area contributed by atoms with Crippen LogP contribution < -0.4 is 34.9 Å². The predicted octanol–water partition coefficient (Wildman–Crippen LogP) is -2.02. The van der Waals surface area contributed by atoms with E-state index in [0.717, 1.165) is 5.69 Å². The maximum atomic E-state index is 10.6. The van der Waals surface area contributed by atoms with E-state index in [4.69, 9.17) is 4.55 Å². The molecule has 0 aliphatic heterocycles. The monoisotopic (exact) mass is 210 g/mol. The summed E-state index contributed by atoms with van der Waals surface area (Å²) in [5.74, 6) is 0. The summed E-state index contributed by atoms with van der Waals surface area (Å²) in [5, 5.41) is 2.83. The minimum absolute atomic E-state index is 0. The van der Waals surface area contributed by atoms with Crippen molar-refractivity contribution in [2.75, 3.05) is 12.4 Å². The van der Waals surface area contributed by atoms with Gasteiger partial charge in [0, 0.05) is 12.7 Å². The van der Waals surface area contributed by atoms with E-state index < -0.39 is 10.1 Å². The molecule has 1 aromatic rings. The first kappa shape index (κ1) is 12.9. The molecule has 0 fully saturated rings. The predicted molar refractivity (Wildman–Crippen MR) is 45.8 cm³/mol. The zero-order valence-electron chi connectivity index (χ0n) is 7.48. The van der Waals surface area contributed by atoms with Gasteiger partial charge in [0.15, 0.2) is 0 Å². The molecule has 66 valence electrons. The van der Waals surface area contributed by atoms with E-state index in [1.807, 2.05) is 0 Å². The van der Waals surface area contributed by atoms with Crippen molar-refractivity contribution in [3.63, 3.8) is 0 Å². The summed E-state index contributed by atoms with van der Waals surface area (Å²) in [6.45, 7) is 0. The molecule has 1 aromatic carbocycles. The molecular formula is C7H9NNaO3S+. The van der Waals surface area contributed by atoms with E-state index in [9.17, 15) is 8.42 Å². The molecule has 2 N–H and O–H groups in total. The van der Waals surface area contributed by atoms with Crippen molar-refractivity contribution in [3.05, 3.63) is 24.3 Å². The Morgan fingerprint density at radius 2 is 1.69 bits per heavy atom. The van der Waals surface area contributed by atoms with Crippen LogP contribution in [0.3, 0.4) is 0 Å². The number of anilines is 1. The number of hydrogen-bond acceptors (Lipinski definition) is 3. The molecule has 0 aliphatic carbocycles. The summed E-state index contributed by atoms with van der Waals surface area (Å²) in [5.41, 5.74) is 0.794. The van der Waals surface area contributed by atoms with Gasteiger partial charge in [0.05, 0.1) is 4.90 Å². The van der Waals surface area contributed by atoms with E-state index in [-0.39, 0.29) is 34.5 Å². The number of hydrogen-bond donors (Lipinski definition) is 2. The standard InChI is InChI=1S/C7H9NO3S.Na/c1-8-6-2-4-7(5-3-6)12(9,10)11;/h2-5,8H,1H3,(H,9,10,11);/q;+1. The third-order valence-electron chi connectivity index (χ3n) is 1.44. The summed E-state index contributed by atoms with van der Waals surface area (Å²) >= 11 is 0. The van der Waals surface area contributed by atoms with E-state index in [1.165, 1.54) is 12.1 Å². The summed E-state index contributed by atoms with van der Waals surface area (Å²) in [6.07, 6.45) is 0. The fourth-order valence-electron chi connectivity index (χ4n) is 0.794. The second-order valence-corrected chi connectivity index (χ2v) is 3.67. The van der Waals surface area contributed by atoms with Crippen LogP contribution in [0.25, 0.3) is 0 Å². The van der Waals surface area contributed by atoms with Crippen LogP contribution in [0.4, 0.5) is 5.69 Å². The molecule has 0 radical (unpaired) electrons. The average molecular weight is 210 g/mol. The summed E-state index contributed by atoms with van der Waals surface area (Å²) in [4.78, 5) is -0.0958. The maximum Gasteiger partial charge on any atom is 1.00 e. The van der Waals surface area contributed by atoms with E-state index in [1.54, 1.807) is 19.2 Å². The minimum Gasteiger partial charge on any atom is -0.388 e. The minimum atomic E-state index is -4.06. The number of rotatable bonds is 2. The van der Waals surface area contributed by atoms with Crippen LogP contribution in [-0.4, -0.2) is 20.0 Å². The van der Waals surface area contributed by atoms with Crippen LogP contribution in [0, 0.1) is 0 Å². The first-order chi connectivity index (χ1) is 5.54. The van der Waals surface area contributed by atoms with Gasteiger partial charge in [-0.05, 0) is 24.3 Å². The van der Waals surface area contributed by atoms with Gasteiger partial charge in [-0.25, -0.2) is 0 Å². The van der Waals surface area contributed by atoms with Crippen LogP contribution in [0.2, 0.25) is 0 Å². The third kappa shape index (κ3) is 3.66. The normalized spacial score (nSPS) is 10.3. The van der Waals surface area contributed by atoms with Crippen molar-refractivity contribution in [3.8, 4) is 0 Å². The van der Waals surface area contributed by atoms with Gasteiger partial charge in [-0.3, -0.25) is 4.55 Å². The fourth-order valence-corrected chi connectivity index (χ4v) is 1.27. The van der Waals surface area contributed by atoms with Crippen molar-refractivity contribution >= 4 is 15.8 Å². The van der Waals surface area contributed by atoms with Gasteiger partial charge in [-0.1, -0.05) is 0 Å². The molecule has 0 unspecified atom stereocenters. The maximum absolute atomic E-state index is 10.6. The molecule has 0 bridgehead atoms. The van der Waals surface area contributed by atoms with Crippen LogP contribution in [0.5, 0.6) is 0 Å². The van der Waals surface area contributed by atoms with E-state index in [0.29, 0.717) is 0 Å². The van der Waals surface area contributed by atoms with Crippen molar-refractivity contribution < 1.29 is 42.5 Å². The zero-order valence-corrected chi connectivity index (χ0v) is 10.3. The van der Waals surface area contributed by atoms with Crippen LogP contribution in [0.1, 0.15) is 0 Å². The molecule has 0 atom stereocenters. The van der Waals surface area contributed by atoms with Gasteiger partial charge in [-0.2, -0.15) is 8.42 Å². The summed E-state index contributed by atoms with van der Waals surface area (Å²) < 4.78 is 29.7. The molecule has 4 nitrogen and oxygen atoms in total. The Morgan fingerprint density at radius 3 is 2.00 bits per heavy atom. The fraction of sp³-hybridized carbons (Fsp3) is 0.143. The van der Waals surface area contributed by atoms with Gasteiger partial charge in [0.2, 0.25) is 0 Å². The third-order valence-corrected chi connectivity index (χ3v) is 2.31. The SMILES string of the molecule is CNc1ccc(S(=O)(=O)O)cc1.[Na+]. The Balaban J connectivity index is 0.00000144. The first-order valence-corrected chi connectivity index (χ1v) is 4.73. The van der Waals surface area contributed by atoms with Gasteiger partial charge in [0.25, 0.3) is 10.1 Å². The molecule has 0 heterocycles. The molecule has 0 saturated carbocycles. The molecule has 0 aliphatic rings. The Bertz CT molecular complexity index is 360. The quantitative estimate of drug-likeness (QED) is 0.437. The largest absolute Gasteiger partial charge is 1.00 e. The van der Waals surface area contributed by atoms with Crippen LogP contribution in [0.15, 0.2) is 29.2 Å². The van der Waals surface area contributed by atoms with Gasteiger partial charge < -0.3 is 5.32 Å². The molecular weight excluding hydrogens is 201 g/mol. The molecule has 0 saturated heterocycles. The Kier molecular flexibility index (Phi) is 4.95. The molecule has 6 heteroatoms. The van der Waals surface area contributed by atoms with Crippen molar-refractivity contribution in [1.82, 2.24) is 0 Å². The van der Waals surface area contributed by atoms with Crippen molar-refractivity contribution in [2.45, 2.75) is 4.90 Å². The Labute approximate surface area is 99.4 Å². The topological polar surface area (TPSA) is 66.4 Å². The second kappa shape index (κ2) is 4.97. The van der Waals surface area contributed by atoms with Gasteiger partial charge in [-0.15, -0.1) is 0 Å². The number of nitrogens with one attached hydrogen (secondary N) is 1. The molecule has 0 aromatic heterocycles.